The standard InChI is InChI=1S/C13H9BrClF/c14-11-3-6-13(16)10(8-11)7-9-1-4-12(15)5-2-9/h1-6,8H,7H2. The van der Waals surface area contributed by atoms with Gasteiger partial charge < -0.3 is 0 Å². The Kier molecular flexibility index (Phi) is 3.62. The van der Waals surface area contributed by atoms with Crippen LogP contribution >= 0.6 is 27.5 Å². The van der Waals surface area contributed by atoms with Crippen molar-refractivity contribution in [2.45, 2.75) is 6.42 Å². The van der Waals surface area contributed by atoms with Gasteiger partial charge in [-0.2, -0.15) is 0 Å². The van der Waals surface area contributed by atoms with Gasteiger partial charge in [-0.25, -0.2) is 4.39 Å². The first-order valence-electron chi connectivity index (χ1n) is 4.83. The maximum atomic E-state index is 13.5. The molecule has 0 aliphatic heterocycles. The third-order valence-corrected chi connectivity index (χ3v) is 3.06. The molecule has 16 heavy (non-hydrogen) atoms. The number of rotatable bonds is 2. The first-order valence-corrected chi connectivity index (χ1v) is 6.00. The molecule has 0 radical (unpaired) electrons. The van der Waals surface area contributed by atoms with E-state index in [2.05, 4.69) is 15.9 Å². The minimum atomic E-state index is -0.182. The molecule has 2 aromatic carbocycles. The van der Waals surface area contributed by atoms with Crippen LogP contribution in [0, 0.1) is 5.82 Å². The van der Waals surface area contributed by atoms with Crippen LogP contribution in [0.2, 0.25) is 5.02 Å². The molecule has 0 aliphatic rings. The Bertz CT molecular complexity index is 494. The summed E-state index contributed by atoms with van der Waals surface area (Å²) in [4.78, 5) is 0. The van der Waals surface area contributed by atoms with Crippen LogP contribution in [0.1, 0.15) is 11.1 Å². The number of halogens is 3. The lowest BCUT2D eigenvalue weighted by atomic mass is 10.0. The van der Waals surface area contributed by atoms with E-state index in [0.29, 0.717) is 17.0 Å². The topological polar surface area (TPSA) is 0 Å². The average molecular weight is 300 g/mol. The van der Waals surface area contributed by atoms with Crippen molar-refractivity contribution >= 4 is 27.5 Å². The van der Waals surface area contributed by atoms with Gasteiger partial charge >= 0.3 is 0 Å². The van der Waals surface area contributed by atoms with Crippen LogP contribution in [-0.4, -0.2) is 0 Å². The number of hydrogen-bond donors (Lipinski definition) is 0. The van der Waals surface area contributed by atoms with Gasteiger partial charge in [0, 0.05) is 15.9 Å². The van der Waals surface area contributed by atoms with Crippen molar-refractivity contribution in [2.75, 3.05) is 0 Å². The normalized spacial score (nSPS) is 10.4. The maximum absolute atomic E-state index is 13.5. The molecule has 0 aliphatic carbocycles. The summed E-state index contributed by atoms with van der Waals surface area (Å²) in [5, 5.41) is 0.693. The second-order valence-corrected chi connectivity index (χ2v) is 4.89. The molecule has 0 N–H and O–H groups in total. The molecule has 0 bridgehead atoms. The van der Waals surface area contributed by atoms with E-state index in [9.17, 15) is 4.39 Å². The minimum Gasteiger partial charge on any atom is -0.207 e. The van der Waals surface area contributed by atoms with Crippen molar-refractivity contribution in [1.29, 1.82) is 0 Å². The fourth-order valence-corrected chi connectivity index (χ4v) is 2.04. The van der Waals surface area contributed by atoms with E-state index in [0.717, 1.165) is 10.0 Å². The fraction of sp³-hybridized carbons (Fsp3) is 0.0769. The molecule has 0 amide bonds. The van der Waals surface area contributed by atoms with Gasteiger partial charge in [0.15, 0.2) is 0 Å². The van der Waals surface area contributed by atoms with E-state index in [1.807, 2.05) is 24.3 Å². The third kappa shape index (κ3) is 2.83. The van der Waals surface area contributed by atoms with Crippen LogP contribution in [0.25, 0.3) is 0 Å². The molecule has 0 spiro atoms. The van der Waals surface area contributed by atoms with Crippen LogP contribution < -0.4 is 0 Å². The second kappa shape index (κ2) is 4.98. The summed E-state index contributed by atoms with van der Waals surface area (Å²) in [5.41, 5.74) is 1.72. The van der Waals surface area contributed by atoms with Crippen molar-refractivity contribution in [3.63, 3.8) is 0 Å². The average Bonchev–Trinajstić information content (AvgIpc) is 2.27. The molecule has 3 heteroatoms. The Labute approximate surface area is 107 Å². The summed E-state index contributed by atoms with van der Waals surface area (Å²) >= 11 is 9.12. The van der Waals surface area contributed by atoms with Gasteiger partial charge in [-0.3, -0.25) is 0 Å². The summed E-state index contributed by atoms with van der Waals surface area (Å²) in [6, 6.07) is 12.4. The van der Waals surface area contributed by atoms with Gasteiger partial charge in [0.2, 0.25) is 0 Å². The van der Waals surface area contributed by atoms with Gasteiger partial charge in [0.25, 0.3) is 0 Å². The van der Waals surface area contributed by atoms with E-state index in [1.165, 1.54) is 6.07 Å². The molecular weight excluding hydrogens is 290 g/mol. The van der Waals surface area contributed by atoms with Crippen molar-refractivity contribution in [3.8, 4) is 0 Å². The van der Waals surface area contributed by atoms with Crippen LogP contribution in [-0.2, 0) is 6.42 Å². The molecule has 0 saturated heterocycles. The summed E-state index contributed by atoms with van der Waals surface area (Å²) in [6.45, 7) is 0. The van der Waals surface area contributed by atoms with Crippen LogP contribution in [0.4, 0.5) is 4.39 Å². The molecule has 0 aromatic heterocycles. The van der Waals surface area contributed by atoms with Gasteiger partial charge in [-0.05, 0) is 41.5 Å². The largest absolute Gasteiger partial charge is 0.207 e. The zero-order valence-electron chi connectivity index (χ0n) is 8.38. The van der Waals surface area contributed by atoms with E-state index in [1.54, 1.807) is 12.1 Å². The molecular formula is C13H9BrClF. The lowest BCUT2D eigenvalue weighted by molar-refractivity contribution is 0.613. The summed E-state index contributed by atoms with van der Waals surface area (Å²) in [7, 11) is 0. The molecule has 2 aromatic rings. The van der Waals surface area contributed by atoms with Crippen molar-refractivity contribution < 1.29 is 4.39 Å². The molecule has 0 atom stereocenters. The van der Waals surface area contributed by atoms with Gasteiger partial charge in [-0.1, -0.05) is 39.7 Å². The Morgan fingerprint density at radius 3 is 2.44 bits per heavy atom. The highest BCUT2D eigenvalue weighted by Crippen LogP contribution is 2.19. The predicted molar refractivity (Wildman–Crippen MR) is 68.4 cm³/mol. The summed E-state index contributed by atoms with van der Waals surface area (Å²) in [5.74, 6) is -0.182. The Hall–Kier alpha value is -0.860. The molecule has 0 heterocycles. The zero-order chi connectivity index (χ0) is 11.5. The first kappa shape index (κ1) is 11.6. The summed E-state index contributed by atoms with van der Waals surface area (Å²) in [6.07, 6.45) is 0.572. The number of benzene rings is 2. The lowest BCUT2D eigenvalue weighted by Gasteiger charge is -2.04. The lowest BCUT2D eigenvalue weighted by Crippen LogP contribution is -1.92. The quantitative estimate of drug-likeness (QED) is 0.745. The molecule has 0 fully saturated rings. The van der Waals surface area contributed by atoms with E-state index < -0.39 is 0 Å². The van der Waals surface area contributed by atoms with Crippen molar-refractivity contribution in [2.24, 2.45) is 0 Å². The van der Waals surface area contributed by atoms with Crippen molar-refractivity contribution in [3.05, 3.63) is 68.9 Å². The summed E-state index contributed by atoms with van der Waals surface area (Å²) < 4.78 is 14.4. The first-order chi connectivity index (χ1) is 7.65. The van der Waals surface area contributed by atoms with Crippen LogP contribution in [0.3, 0.4) is 0 Å². The van der Waals surface area contributed by atoms with Gasteiger partial charge in [0.1, 0.15) is 5.82 Å². The second-order valence-electron chi connectivity index (χ2n) is 3.54. The molecule has 0 nitrogen and oxygen atoms in total. The van der Waals surface area contributed by atoms with Crippen LogP contribution in [0.5, 0.6) is 0 Å². The monoisotopic (exact) mass is 298 g/mol. The molecule has 0 saturated carbocycles. The SMILES string of the molecule is Fc1ccc(Br)cc1Cc1ccc(Cl)cc1. The highest BCUT2D eigenvalue weighted by atomic mass is 79.9. The van der Waals surface area contributed by atoms with Gasteiger partial charge in [0.05, 0.1) is 0 Å². The van der Waals surface area contributed by atoms with E-state index >= 15 is 0 Å². The highest BCUT2D eigenvalue weighted by Gasteiger charge is 2.04. The van der Waals surface area contributed by atoms with Crippen LogP contribution in [0.15, 0.2) is 46.9 Å². The Morgan fingerprint density at radius 1 is 1.06 bits per heavy atom. The maximum Gasteiger partial charge on any atom is 0.126 e. The Morgan fingerprint density at radius 2 is 1.75 bits per heavy atom. The number of hydrogen-bond acceptors (Lipinski definition) is 0. The molecule has 82 valence electrons. The van der Waals surface area contributed by atoms with E-state index in [4.69, 9.17) is 11.6 Å². The third-order valence-electron chi connectivity index (χ3n) is 2.32. The predicted octanol–water partition coefficient (Wildman–Crippen LogP) is 4.83. The minimum absolute atomic E-state index is 0.182. The van der Waals surface area contributed by atoms with Crippen molar-refractivity contribution in [1.82, 2.24) is 0 Å². The fourth-order valence-electron chi connectivity index (χ4n) is 1.50. The zero-order valence-corrected chi connectivity index (χ0v) is 10.7. The molecule has 0 unspecified atom stereocenters. The van der Waals surface area contributed by atoms with Gasteiger partial charge in [-0.15, -0.1) is 0 Å². The highest BCUT2D eigenvalue weighted by molar-refractivity contribution is 9.10. The van der Waals surface area contributed by atoms with E-state index in [-0.39, 0.29) is 5.82 Å². The smallest absolute Gasteiger partial charge is 0.126 e. The molecule has 2 rings (SSSR count). The Balaban J connectivity index is 2.26.